The highest BCUT2D eigenvalue weighted by atomic mass is 35.5. The number of benzene rings is 1. The Kier molecular flexibility index (Phi) is 6.35. The minimum absolute atomic E-state index is 0. The van der Waals surface area contributed by atoms with E-state index in [-0.39, 0.29) is 36.0 Å². The Morgan fingerprint density at radius 2 is 2.04 bits per heavy atom. The molecule has 3 N–H and O–H groups in total. The predicted octanol–water partition coefficient (Wildman–Crippen LogP) is 2.41. The number of carbonyl (C=O) groups excluding carboxylic acids is 1. The van der Waals surface area contributed by atoms with Gasteiger partial charge in [-0.25, -0.2) is 8.42 Å². The monoisotopic (exact) mass is 387 g/mol. The molecule has 0 radical (unpaired) electrons. The number of nitrogens with zero attached hydrogens (tertiary/aromatic N) is 1. The number of nitrogens with one attached hydrogen (secondary N) is 1. The second-order valence-corrected chi connectivity index (χ2v) is 8.87. The summed E-state index contributed by atoms with van der Waals surface area (Å²) < 4.78 is 25.8. The van der Waals surface area contributed by atoms with Gasteiger partial charge in [-0.3, -0.25) is 9.10 Å². The molecule has 1 aliphatic carbocycles. The highest BCUT2D eigenvalue weighted by molar-refractivity contribution is 7.93. The van der Waals surface area contributed by atoms with E-state index in [0.717, 1.165) is 24.8 Å². The van der Waals surface area contributed by atoms with E-state index in [0.29, 0.717) is 30.8 Å². The minimum Gasteiger partial charge on any atom is -0.328 e. The van der Waals surface area contributed by atoms with Crippen molar-refractivity contribution in [1.29, 1.82) is 0 Å². The van der Waals surface area contributed by atoms with Gasteiger partial charge in [-0.2, -0.15) is 0 Å². The van der Waals surface area contributed by atoms with Gasteiger partial charge in [0, 0.05) is 24.2 Å². The van der Waals surface area contributed by atoms with Gasteiger partial charge >= 0.3 is 0 Å². The maximum absolute atomic E-state index is 12.5. The van der Waals surface area contributed by atoms with Crippen molar-refractivity contribution in [1.82, 2.24) is 0 Å². The number of halogens is 1. The van der Waals surface area contributed by atoms with Crippen molar-refractivity contribution in [3.8, 4) is 0 Å². The van der Waals surface area contributed by atoms with Crippen molar-refractivity contribution < 1.29 is 13.2 Å². The fourth-order valence-corrected chi connectivity index (χ4v) is 5.19. The number of carbonyl (C=O) groups is 1. The van der Waals surface area contributed by atoms with Crippen LogP contribution in [0.2, 0.25) is 0 Å². The van der Waals surface area contributed by atoms with Crippen LogP contribution in [-0.2, 0) is 14.8 Å². The Morgan fingerprint density at radius 3 is 2.68 bits per heavy atom. The Bertz CT molecular complexity index is 739. The molecule has 25 heavy (non-hydrogen) atoms. The number of hydrogen-bond acceptors (Lipinski definition) is 4. The largest absolute Gasteiger partial charge is 0.328 e. The zero-order chi connectivity index (χ0) is 17.3. The molecule has 0 spiro atoms. The lowest BCUT2D eigenvalue weighted by molar-refractivity contribution is -0.120. The smallest absolute Gasteiger partial charge is 0.235 e. The Balaban J connectivity index is 0.00000225. The first kappa shape index (κ1) is 20.0. The van der Waals surface area contributed by atoms with Crippen LogP contribution in [0.15, 0.2) is 18.2 Å². The molecule has 1 saturated heterocycles. The van der Waals surface area contributed by atoms with Gasteiger partial charge in [0.1, 0.15) is 0 Å². The first-order chi connectivity index (χ1) is 11.4. The van der Waals surface area contributed by atoms with Gasteiger partial charge in [0.25, 0.3) is 0 Å². The summed E-state index contributed by atoms with van der Waals surface area (Å²) in [6, 6.07) is 5.53. The lowest BCUT2D eigenvalue weighted by Crippen LogP contribution is -2.34. The number of sulfonamides is 1. The van der Waals surface area contributed by atoms with Gasteiger partial charge in [0.2, 0.25) is 15.9 Å². The van der Waals surface area contributed by atoms with Crippen LogP contribution in [0.25, 0.3) is 0 Å². The van der Waals surface area contributed by atoms with Crippen molar-refractivity contribution in [2.75, 3.05) is 21.9 Å². The molecule has 3 rings (SSSR count). The molecule has 2 fully saturated rings. The van der Waals surface area contributed by atoms with Crippen molar-refractivity contribution >= 4 is 39.7 Å². The summed E-state index contributed by atoms with van der Waals surface area (Å²) >= 11 is 0. The number of amides is 1. The molecule has 1 aliphatic heterocycles. The van der Waals surface area contributed by atoms with Gasteiger partial charge in [-0.15, -0.1) is 12.4 Å². The number of nitrogens with two attached hydrogens (primary N) is 1. The van der Waals surface area contributed by atoms with Crippen molar-refractivity contribution in [2.24, 2.45) is 11.7 Å². The third-order valence-corrected chi connectivity index (χ3v) is 6.79. The topological polar surface area (TPSA) is 92.5 Å². The first-order valence-electron chi connectivity index (χ1n) is 8.54. The maximum Gasteiger partial charge on any atom is 0.235 e. The van der Waals surface area contributed by atoms with Crippen LogP contribution >= 0.6 is 12.4 Å². The van der Waals surface area contributed by atoms with E-state index >= 15 is 0 Å². The van der Waals surface area contributed by atoms with E-state index in [9.17, 15) is 13.2 Å². The fraction of sp³-hybridized carbons (Fsp3) is 0.588. The van der Waals surface area contributed by atoms with Gasteiger partial charge in [-0.05, 0) is 50.3 Å². The van der Waals surface area contributed by atoms with Crippen LogP contribution in [0.5, 0.6) is 0 Å². The molecule has 1 aromatic rings. The van der Waals surface area contributed by atoms with Gasteiger partial charge in [0.15, 0.2) is 0 Å². The van der Waals surface area contributed by atoms with E-state index in [1.54, 1.807) is 6.07 Å². The third-order valence-electron chi connectivity index (χ3n) is 4.93. The van der Waals surface area contributed by atoms with Crippen LogP contribution in [0.1, 0.15) is 37.7 Å². The average Bonchev–Trinajstić information content (AvgIpc) is 2.88. The molecule has 2 aliphatic rings. The fourth-order valence-electron chi connectivity index (χ4n) is 3.58. The molecular weight excluding hydrogens is 362 g/mol. The summed E-state index contributed by atoms with van der Waals surface area (Å²) in [6.07, 6.45) is 4.16. The summed E-state index contributed by atoms with van der Waals surface area (Å²) in [5, 5.41) is 2.93. The molecule has 6 nitrogen and oxygen atoms in total. The molecule has 0 aromatic heterocycles. The lowest BCUT2D eigenvalue weighted by atomic mass is 9.85. The minimum atomic E-state index is -3.23. The maximum atomic E-state index is 12.5. The second-order valence-electron chi connectivity index (χ2n) is 6.86. The zero-order valence-electron chi connectivity index (χ0n) is 14.4. The van der Waals surface area contributed by atoms with E-state index in [1.165, 1.54) is 4.31 Å². The van der Waals surface area contributed by atoms with Crippen molar-refractivity contribution in [3.63, 3.8) is 0 Å². The third kappa shape index (κ3) is 4.46. The van der Waals surface area contributed by atoms with Crippen LogP contribution in [0.3, 0.4) is 0 Å². The van der Waals surface area contributed by atoms with E-state index in [1.807, 2.05) is 19.1 Å². The van der Waals surface area contributed by atoms with Crippen LogP contribution < -0.4 is 15.4 Å². The Hall–Kier alpha value is -1.31. The second kappa shape index (κ2) is 7.93. The molecule has 1 amide bonds. The van der Waals surface area contributed by atoms with Crippen LogP contribution in [0, 0.1) is 12.8 Å². The highest BCUT2D eigenvalue weighted by Crippen LogP contribution is 2.31. The first-order valence-corrected chi connectivity index (χ1v) is 10.2. The summed E-state index contributed by atoms with van der Waals surface area (Å²) in [5.74, 6) is 0.0986. The SMILES string of the molecule is Cc1ccc(NC(=O)C2CCCC(N)C2)cc1N1CCCS1(=O)=O.Cl. The quantitative estimate of drug-likeness (QED) is 0.832. The normalized spacial score (nSPS) is 25.3. The Morgan fingerprint density at radius 1 is 1.28 bits per heavy atom. The van der Waals surface area contributed by atoms with E-state index in [2.05, 4.69) is 5.32 Å². The standard InChI is InChI=1S/C17H25N3O3S.ClH/c1-12-6-7-15(11-16(12)20-8-3-9-24(20,22)23)19-17(21)13-4-2-5-14(18)10-13;/h6-7,11,13-14H,2-5,8-10,18H2,1H3,(H,19,21);1H. The van der Waals surface area contributed by atoms with Gasteiger partial charge < -0.3 is 11.1 Å². The van der Waals surface area contributed by atoms with Crippen LogP contribution in [-0.4, -0.2) is 32.7 Å². The molecule has 1 heterocycles. The molecule has 8 heteroatoms. The number of rotatable bonds is 3. The molecule has 1 aromatic carbocycles. The zero-order valence-corrected chi connectivity index (χ0v) is 16.0. The van der Waals surface area contributed by atoms with Crippen LogP contribution in [0.4, 0.5) is 11.4 Å². The van der Waals surface area contributed by atoms with Crippen molar-refractivity contribution in [3.05, 3.63) is 23.8 Å². The predicted molar refractivity (Wildman–Crippen MR) is 103 cm³/mol. The molecule has 2 atom stereocenters. The summed E-state index contributed by atoms with van der Waals surface area (Å²) in [5.41, 5.74) is 8.15. The lowest BCUT2D eigenvalue weighted by Gasteiger charge is -2.26. The van der Waals surface area contributed by atoms with E-state index < -0.39 is 10.0 Å². The number of hydrogen-bond donors (Lipinski definition) is 2. The van der Waals surface area contributed by atoms with Gasteiger partial charge in [0.05, 0.1) is 11.4 Å². The molecular formula is C17H26ClN3O3S. The summed E-state index contributed by atoms with van der Waals surface area (Å²) in [7, 11) is -3.23. The van der Waals surface area contributed by atoms with Crippen molar-refractivity contribution in [2.45, 2.75) is 45.1 Å². The number of anilines is 2. The summed E-state index contributed by atoms with van der Waals surface area (Å²) in [4.78, 5) is 12.5. The summed E-state index contributed by atoms with van der Waals surface area (Å²) in [6.45, 7) is 2.38. The molecule has 0 bridgehead atoms. The molecule has 140 valence electrons. The average molecular weight is 388 g/mol. The number of aryl methyl sites for hydroxylation is 1. The van der Waals surface area contributed by atoms with Gasteiger partial charge in [-0.1, -0.05) is 12.5 Å². The molecule has 2 unspecified atom stereocenters. The Labute approximate surface area is 155 Å². The van der Waals surface area contributed by atoms with E-state index in [4.69, 9.17) is 5.73 Å². The highest BCUT2D eigenvalue weighted by Gasteiger charge is 2.30. The molecule has 1 saturated carbocycles.